The van der Waals surface area contributed by atoms with Crippen LogP contribution in [-0.4, -0.2) is 44.2 Å². The smallest absolute Gasteiger partial charge is 0.0367 e. The molecule has 2 N–H and O–H groups in total. The van der Waals surface area contributed by atoms with E-state index < -0.39 is 0 Å². The highest BCUT2D eigenvalue weighted by molar-refractivity contribution is 5.46. The lowest BCUT2D eigenvalue weighted by Gasteiger charge is -2.40. The Labute approximate surface area is 97.8 Å². The van der Waals surface area contributed by atoms with Crippen LogP contribution in [-0.2, 0) is 0 Å². The van der Waals surface area contributed by atoms with Crippen molar-refractivity contribution in [3.05, 3.63) is 30.3 Å². The normalized spacial score (nSPS) is 22.4. The number of nitrogens with zero attached hydrogens (tertiary/aromatic N) is 2. The van der Waals surface area contributed by atoms with Crippen LogP contribution >= 0.6 is 0 Å². The minimum absolute atomic E-state index is 0.596. The molecule has 1 heterocycles. The Morgan fingerprint density at radius 3 is 2.69 bits per heavy atom. The Bertz CT molecular complexity index is 312. The average molecular weight is 219 g/mol. The van der Waals surface area contributed by atoms with Gasteiger partial charge in [0.15, 0.2) is 0 Å². The molecule has 0 amide bonds. The van der Waals surface area contributed by atoms with Crippen molar-refractivity contribution in [3.8, 4) is 0 Å². The number of anilines is 1. The summed E-state index contributed by atoms with van der Waals surface area (Å²) in [7, 11) is 2.20. The van der Waals surface area contributed by atoms with Crippen molar-refractivity contribution in [2.75, 3.05) is 38.1 Å². The third kappa shape index (κ3) is 2.54. The molecular formula is C13H21N3. The van der Waals surface area contributed by atoms with Gasteiger partial charge >= 0.3 is 0 Å². The summed E-state index contributed by atoms with van der Waals surface area (Å²) in [5.41, 5.74) is 6.99. The Kier molecular flexibility index (Phi) is 3.80. The molecule has 0 bridgehead atoms. The zero-order valence-corrected chi connectivity index (χ0v) is 9.97. The van der Waals surface area contributed by atoms with Crippen molar-refractivity contribution < 1.29 is 0 Å². The lowest BCUT2D eigenvalue weighted by molar-refractivity contribution is 0.210. The second-order valence-electron chi connectivity index (χ2n) is 4.49. The maximum absolute atomic E-state index is 5.66. The first-order valence-corrected chi connectivity index (χ1v) is 6.01. The summed E-state index contributed by atoms with van der Waals surface area (Å²) in [6, 6.07) is 11.2. The summed E-state index contributed by atoms with van der Waals surface area (Å²) in [5.74, 6) is 0. The number of para-hydroxylation sites is 1. The van der Waals surface area contributed by atoms with Crippen LogP contribution in [0, 0.1) is 0 Å². The van der Waals surface area contributed by atoms with Gasteiger partial charge in [0.25, 0.3) is 0 Å². The summed E-state index contributed by atoms with van der Waals surface area (Å²) < 4.78 is 0. The van der Waals surface area contributed by atoms with Gasteiger partial charge in [-0.05, 0) is 32.1 Å². The van der Waals surface area contributed by atoms with E-state index in [1.165, 1.54) is 5.69 Å². The van der Waals surface area contributed by atoms with Crippen molar-refractivity contribution in [3.63, 3.8) is 0 Å². The van der Waals surface area contributed by atoms with E-state index >= 15 is 0 Å². The van der Waals surface area contributed by atoms with E-state index in [4.69, 9.17) is 5.73 Å². The molecule has 1 aliphatic rings. The van der Waals surface area contributed by atoms with Gasteiger partial charge in [0.2, 0.25) is 0 Å². The molecule has 0 saturated carbocycles. The fourth-order valence-electron chi connectivity index (χ4n) is 2.32. The van der Waals surface area contributed by atoms with Crippen molar-refractivity contribution in [2.24, 2.45) is 5.73 Å². The number of likely N-dealkylation sites (N-methyl/N-ethyl adjacent to an activating group) is 1. The molecule has 1 aliphatic heterocycles. The van der Waals surface area contributed by atoms with Gasteiger partial charge in [-0.3, -0.25) is 4.90 Å². The number of piperazine rings is 1. The maximum atomic E-state index is 5.66. The minimum atomic E-state index is 0.596. The fraction of sp³-hybridized carbons (Fsp3) is 0.538. The third-order valence-corrected chi connectivity index (χ3v) is 3.40. The summed E-state index contributed by atoms with van der Waals surface area (Å²) in [6.45, 7) is 4.11. The standard InChI is InChI=1S/C13H21N3/c1-15-9-10-16(11-13(15)7-8-14)12-5-3-2-4-6-12/h2-6,13H,7-11,14H2,1H3. The van der Waals surface area contributed by atoms with Gasteiger partial charge in [-0.25, -0.2) is 0 Å². The van der Waals surface area contributed by atoms with Gasteiger partial charge in [-0.15, -0.1) is 0 Å². The summed E-state index contributed by atoms with van der Waals surface area (Å²) in [4.78, 5) is 4.88. The van der Waals surface area contributed by atoms with Gasteiger partial charge in [0.05, 0.1) is 0 Å². The lowest BCUT2D eigenvalue weighted by atomic mass is 10.1. The molecular weight excluding hydrogens is 198 g/mol. The Hall–Kier alpha value is -1.06. The molecule has 0 spiro atoms. The summed E-state index contributed by atoms with van der Waals surface area (Å²) in [5, 5.41) is 0. The molecule has 1 aromatic rings. The Morgan fingerprint density at radius 1 is 1.25 bits per heavy atom. The van der Waals surface area contributed by atoms with Crippen molar-refractivity contribution in [1.29, 1.82) is 0 Å². The van der Waals surface area contributed by atoms with Gasteiger partial charge in [-0.2, -0.15) is 0 Å². The zero-order chi connectivity index (χ0) is 11.4. The van der Waals surface area contributed by atoms with Gasteiger partial charge in [0.1, 0.15) is 0 Å². The first kappa shape index (κ1) is 11.4. The number of nitrogens with two attached hydrogens (primary N) is 1. The molecule has 0 aromatic heterocycles. The average Bonchev–Trinajstić information content (AvgIpc) is 2.33. The summed E-state index contributed by atoms with van der Waals surface area (Å²) in [6.07, 6.45) is 1.08. The van der Waals surface area contributed by atoms with E-state index in [1.54, 1.807) is 0 Å². The summed E-state index contributed by atoms with van der Waals surface area (Å²) >= 11 is 0. The van der Waals surface area contributed by atoms with Gasteiger partial charge in [0, 0.05) is 31.4 Å². The Balaban J connectivity index is 2.03. The van der Waals surface area contributed by atoms with Crippen LogP contribution in [0.25, 0.3) is 0 Å². The monoisotopic (exact) mass is 219 g/mol. The quantitative estimate of drug-likeness (QED) is 0.828. The van der Waals surface area contributed by atoms with E-state index in [2.05, 4.69) is 47.2 Å². The van der Waals surface area contributed by atoms with E-state index in [0.29, 0.717) is 6.04 Å². The minimum Gasteiger partial charge on any atom is -0.369 e. The first-order chi connectivity index (χ1) is 7.81. The van der Waals surface area contributed by atoms with Crippen LogP contribution in [0.1, 0.15) is 6.42 Å². The van der Waals surface area contributed by atoms with Crippen LogP contribution in [0.15, 0.2) is 30.3 Å². The largest absolute Gasteiger partial charge is 0.369 e. The molecule has 0 radical (unpaired) electrons. The molecule has 0 aliphatic carbocycles. The lowest BCUT2D eigenvalue weighted by Crippen LogP contribution is -2.52. The molecule has 1 fully saturated rings. The molecule has 2 rings (SSSR count). The predicted molar refractivity (Wildman–Crippen MR) is 68.7 cm³/mol. The van der Waals surface area contributed by atoms with Crippen LogP contribution in [0.5, 0.6) is 0 Å². The fourth-order valence-corrected chi connectivity index (χ4v) is 2.32. The van der Waals surface area contributed by atoms with Crippen LogP contribution < -0.4 is 10.6 Å². The molecule has 3 nitrogen and oxygen atoms in total. The second kappa shape index (κ2) is 5.32. The molecule has 16 heavy (non-hydrogen) atoms. The highest BCUT2D eigenvalue weighted by Crippen LogP contribution is 2.18. The number of benzene rings is 1. The maximum Gasteiger partial charge on any atom is 0.0367 e. The molecule has 88 valence electrons. The molecule has 3 heteroatoms. The predicted octanol–water partition coefficient (Wildman–Crippen LogP) is 1.16. The van der Waals surface area contributed by atoms with Gasteiger partial charge < -0.3 is 10.6 Å². The number of rotatable bonds is 3. The van der Waals surface area contributed by atoms with Crippen LogP contribution in [0.3, 0.4) is 0 Å². The van der Waals surface area contributed by atoms with Crippen molar-refractivity contribution >= 4 is 5.69 Å². The number of hydrogen-bond acceptors (Lipinski definition) is 3. The van der Waals surface area contributed by atoms with Crippen LogP contribution in [0.4, 0.5) is 5.69 Å². The second-order valence-corrected chi connectivity index (χ2v) is 4.49. The topological polar surface area (TPSA) is 32.5 Å². The zero-order valence-electron chi connectivity index (χ0n) is 9.97. The van der Waals surface area contributed by atoms with Gasteiger partial charge in [-0.1, -0.05) is 18.2 Å². The first-order valence-electron chi connectivity index (χ1n) is 6.01. The highest BCUT2D eigenvalue weighted by atomic mass is 15.3. The molecule has 1 atom stereocenters. The SMILES string of the molecule is CN1CCN(c2ccccc2)CC1CCN. The van der Waals surface area contributed by atoms with Crippen LogP contribution in [0.2, 0.25) is 0 Å². The molecule has 1 saturated heterocycles. The Morgan fingerprint density at radius 2 is 2.00 bits per heavy atom. The van der Waals surface area contributed by atoms with E-state index in [9.17, 15) is 0 Å². The van der Waals surface area contributed by atoms with E-state index in [-0.39, 0.29) is 0 Å². The number of hydrogen-bond donors (Lipinski definition) is 1. The molecule has 1 unspecified atom stereocenters. The van der Waals surface area contributed by atoms with Crippen molar-refractivity contribution in [2.45, 2.75) is 12.5 Å². The van der Waals surface area contributed by atoms with Crippen molar-refractivity contribution in [1.82, 2.24) is 4.90 Å². The van der Waals surface area contributed by atoms with E-state index in [0.717, 1.165) is 32.6 Å². The third-order valence-electron chi connectivity index (χ3n) is 3.40. The van der Waals surface area contributed by atoms with E-state index in [1.807, 2.05) is 0 Å². The molecule has 1 aromatic carbocycles. The highest BCUT2D eigenvalue weighted by Gasteiger charge is 2.23.